The number of anilines is 1. The molecular weight excluding hydrogens is 328 g/mol. The number of hydrogen-bond donors (Lipinski definition) is 1. The fourth-order valence-electron chi connectivity index (χ4n) is 2.91. The molecule has 24 heavy (non-hydrogen) atoms. The Labute approximate surface area is 143 Å². The van der Waals surface area contributed by atoms with E-state index in [0.717, 1.165) is 5.56 Å². The number of rotatable bonds is 5. The maximum absolute atomic E-state index is 12.3. The Morgan fingerprint density at radius 1 is 1.29 bits per heavy atom. The van der Waals surface area contributed by atoms with Gasteiger partial charge in [0, 0.05) is 18.7 Å². The number of amides is 2. The highest BCUT2D eigenvalue weighted by molar-refractivity contribution is 7.91. The number of carbonyl (C=O) groups excluding carboxylic acids is 2. The zero-order valence-electron chi connectivity index (χ0n) is 14.3. The second-order valence-electron chi connectivity index (χ2n) is 6.49. The Morgan fingerprint density at radius 2 is 1.96 bits per heavy atom. The summed E-state index contributed by atoms with van der Waals surface area (Å²) in [5.74, 6) is -0.277. The van der Waals surface area contributed by atoms with E-state index in [4.69, 9.17) is 0 Å². The zero-order chi connectivity index (χ0) is 17.9. The smallest absolute Gasteiger partial charge is 0.240 e. The van der Waals surface area contributed by atoms with Crippen molar-refractivity contribution in [2.75, 3.05) is 23.0 Å². The highest BCUT2D eigenvalue weighted by atomic mass is 32.2. The van der Waals surface area contributed by atoms with Crippen molar-refractivity contribution in [1.29, 1.82) is 0 Å². The predicted molar refractivity (Wildman–Crippen MR) is 93.8 cm³/mol. The minimum Gasteiger partial charge on any atom is -0.351 e. The topological polar surface area (TPSA) is 83.6 Å². The number of carbonyl (C=O) groups is 2. The van der Waals surface area contributed by atoms with E-state index < -0.39 is 9.84 Å². The first-order valence-electron chi connectivity index (χ1n) is 8.06. The van der Waals surface area contributed by atoms with Crippen molar-refractivity contribution in [3.63, 3.8) is 0 Å². The van der Waals surface area contributed by atoms with Gasteiger partial charge in [0.05, 0.1) is 11.5 Å². The number of nitrogens with one attached hydrogen (secondary N) is 1. The quantitative estimate of drug-likeness (QED) is 0.870. The van der Waals surface area contributed by atoms with Gasteiger partial charge in [-0.15, -0.1) is 0 Å². The van der Waals surface area contributed by atoms with Crippen molar-refractivity contribution >= 4 is 27.3 Å². The molecule has 0 saturated carbocycles. The molecule has 1 N–H and O–H groups in total. The van der Waals surface area contributed by atoms with Crippen LogP contribution in [0.15, 0.2) is 24.3 Å². The molecule has 1 aromatic rings. The third-order valence-corrected chi connectivity index (χ3v) is 5.90. The van der Waals surface area contributed by atoms with E-state index in [1.165, 1.54) is 11.8 Å². The molecule has 1 atom stereocenters. The van der Waals surface area contributed by atoms with Gasteiger partial charge >= 0.3 is 0 Å². The first kappa shape index (κ1) is 18.4. The molecular formula is C17H24N2O4S. The van der Waals surface area contributed by atoms with Gasteiger partial charge in [0.2, 0.25) is 11.8 Å². The lowest BCUT2D eigenvalue weighted by Gasteiger charge is -2.25. The first-order chi connectivity index (χ1) is 11.2. The third kappa shape index (κ3) is 4.56. The first-order valence-corrected chi connectivity index (χ1v) is 9.88. The summed E-state index contributed by atoms with van der Waals surface area (Å²) < 4.78 is 23.0. The minimum atomic E-state index is -3.05. The molecule has 7 heteroatoms. The summed E-state index contributed by atoms with van der Waals surface area (Å²) in [5.41, 5.74) is 1.71. The van der Waals surface area contributed by atoms with E-state index in [-0.39, 0.29) is 41.8 Å². The average Bonchev–Trinajstić information content (AvgIpc) is 2.83. The maximum Gasteiger partial charge on any atom is 0.240 e. The van der Waals surface area contributed by atoms with Gasteiger partial charge in [-0.2, -0.15) is 0 Å². The monoisotopic (exact) mass is 352 g/mol. The molecule has 2 amide bonds. The van der Waals surface area contributed by atoms with Crippen molar-refractivity contribution in [3.05, 3.63) is 29.8 Å². The summed E-state index contributed by atoms with van der Waals surface area (Å²) in [4.78, 5) is 25.8. The molecule has 0 radical (unpaired) electrons. The fraction of sp³-hybridized carbons (Fsp3) is 0.529. The number of nitrogens with zero attached hydrogens (tertiary/aromatic N) is 1. The molecule has 1 aliphatic rings. The SMILES string of the molecule is CC(=O)N(CC(=O)NC1CCS(=O)(=O)C1)c1ccccc1C(C)C. The summed E-state index contributed by atoms with van der Waals surface area (Å²) in [7, 11) is -3.05. The molecule has 2 rings (SSSR count). The van der Waals surface area contributed by atoms with Crippen LogP contribution in [0.3, 0.4) is 0 Å². The Balaban J connectivity index is 2.12. The Hall–Kier alpha value is -1.89. The molecule has 1 saturated heterocycles. The van der Waals surface area contributed by atoms with Crippen LogP contribution < -0.4 is 10.2 Å². The summed E-state index contributed by atoms with van der Waals surface area (Å²) in [6, 6.07) is 7.14. The van der Waals surface area contributed by atoms with E-state index in [0.29, 0.717) is 12.1 Å². The fourth-order valence-corrected chi connectivity index (χ4v) is 4.59. The van der Waals surface area contributed by atoms with E-state index in [1.807, 2.05) is 38.1 Å². The van der Waals surface area contributed by atoms with Crippen LogP contribution in [-0.4, -0.2) is 44.3 Å². The van der Waals surface area contributed by atoms with Gasteiger partial charge in [0.25, 0.3) is 0 Å². The summed E-state index contributed by atoms with van der Waals surface area (Å²) in [6.07, 6.45) is 0.427. The van der Waals surface area contributed by atoms with Crippen LogP contribution in [0, 0.1) is 0 Å². The summed E-state index contributed by atoms with van der Waals surface area (Å²) in [5, 5.41) is 2.73. The summed E-state index contributed by atoms with van der Waals surface area (Å²) in [6.45, 7) is 5.36. The highest BCUT2D eigenvalue weighted by Crippen LogP contribution is 2.27. The second kappa shape index (κ2) is 7.34. The van der Waals surface area contributed by atoms with Gasteiger partial charge in [0.15, 0.2) is 9.84 Å². The number of hydrogen-bond acceptors (Lipinski definition) is 4. The van der Waals surface area contributed by atoms with Crippen LogP contribution in [0.25, 0.3) is 0 Å². The van der Waals surface area contributed by atoms with Crippen LogP contribution in [0.1, 0.15) is 38.7 Å². The lowest BCUT2D eigenvalue weighted by molar-refractivity contribution is -0.123. The van der Waals surface area contributed by atoms with Gasteiger partial charge in [0.1, 0.15) is 6.54 Å². The Kier molecular flexibility index (Phi) is 5.64. The molecule has 0 aliphatic carbocycles. The number of sulfone groups is 1. The van der Waals surface area contributed by atoms with Gasteiger partial charge < -0.3 is 10.2 Å². The molecule has 1 fully saturated rings. The van der Waals surface area contributed by atoms with Crippen LogP contribution >= 0.6 is 0 Å². The van der Waals surface area contributed by atoms with Gasteiger partial charge in [-0.1, -0.05) is 32.0 Å². The van der Waals surface area contributed by atoms with Crippen LogP contribution in [0.5, 0.6) is 0 Å². The largest absolute Gasteiger partial charge is 0.351 e. The average molecular weight is 352 g/mol. The normalized spacial score (nSPS) is 19.2. The number of benzene rings is 1. The van der Waals surface area contributed by atoms with Gasteiger partial charge in [-0.05, 0) is 24.0 Å². The van der Waals surface area contributed by atoms with E-state index >= 15 is 0 Å². The van der Waals surface area contributed by atoms with Crippen molar-refractivity contribution in [2.45, 2.75) is 39.2 Å². The third-order valence-electron chi connectivity index (χ3n) is 4.13. The molecule has 6 nitrogen and oxygen atoms in total. The molecule has 0 bridgehead atoms. The van der Waals surface area contributed by atoms with E-state index in [1.54, 1.807) is 0 Å². The highest BCUT2D eigenvalue weighted by Gasteiger charge is 2.29. The van der Waals surface area contributed by atoms with E-state index in [9.17, 15) is 18.0 Å². The predicted octanol–water partition coefficient (Wildman–Crippen LogP) is 1.47. The van der Waals surface area contributed by atoms with Crippen LogP contribution in [0.2, 0.25) is 0 Å². The van der Waals surface area contributed by atoms with Gasteiger partial charge in [-0.3, -0.25) is 9.59 Å². The van der Waals surface area contributed by atoms with Gasteiger partial charge in [-0.25, -0.2) is 8.42 Å². The molecule has 0 spiro atoms. The zero-order valence-corrected chi connectivity index (χ0v) is 15.1. The second-order valence-corrected chi connectivity index (χ2v) is 8.71. The van der Waals surface area contributed by atoms with Crippen molar-refractivity contribution in [2.24, 2.45) is 0 Å². The molecule has 1 aromatic carbocycles. The number of para-hydroxylation sites is 1. The van der Waals surface area contributed by atoms with Crippen molar-refractivity contribution in [1.82, 2.24) is 5.32 Å². The van der Waals surface area contributed by atoms with Crippen molar-refractivity contribution in [3.8, 4) is 0 Å². The lowest BCUT2D eigenvalue weighted by atomic mass is 10.0. The van der Waals surface area contributed by atoms with E-state index in [2.05, 4.69) is 5.32 Å². The molecule has 0 aromatic heterocycles. The maximum atomic E-state index is 12.3. The standard InChI is InChI=1S/C17H24N2O4S/c1-12(2)15-6-4-5-7-16(15)19(13(3)20)10-17(21)18-14-8-9-24(22,23)11-14/h4-7,12,14H,8-11H2,1-3H3,(H,18,21). The lowest BCUT2D eigenvalue weighted by Crippen LogP contribution is -2.44. The molecule has 1 aliphatic heterocycles. The minimum absolute atomic E-state index is 0.0264. The molecule has 1 heterocycles. The Bertz CT molecular complexity index is 728. The van der Waals surface area contributed by atoms with Crippen molar-refractivity contribution < 1.29 is 18.0 Å². The molecule has 1 unspecified atom stereocenters. The molecule has 132 valence electrons. The van der Waals surface area contributed by atoms with Crippen LogP contribution in [0.4, 0.5) is 5.69 Å². The summed E-state index contributed by atoms with van der Waals surface area (Å²) >= 11 is 0. The Morgan fingerprint density at radius 3 is 2.50 bits per heavy atom. The van der Waals surface area contributed by atoms with Crippen LogP contribution in [-0.2, 0) is 19.4 Å².